The molecule has 0 saturated heterocycles. The first-order valence-corrected chi connectivity index (χ1v) is 9.52. The number of carbonyl (C=O) groups is 1. The number of hydrogen-bond acceptors (Lipinski definition) is 5. The molecule has 7 heteroatoms. The van der Waals surface area contributed by atoms with E-state index >= 15 is 0 Å². The number of carbonyl (C=O) groups excluding carboxylic acids is 1. The van der Waals surface area contributed by atoms with Gasteiger partial charge in [0.2, 0.25) is 5.91 Å². The average molecular weight is 389 g/mol. The quantitative estimate of drug-likeness (QED) is 0.695. The van der Waals surface area contributed by atoms with Crippen LogP contribution in [0.25, 0.3) is 11.0 Å². The molecule has 0 atom stereocenters. The van der Waals surface area contributed by atoms with Crippen LogP contribution >= 0.6 is 23.1 Å². The van der Waals surface area contributed by atoms with Crippen LogP contribution in [0.5, 0.6) is 0 Å². The van der Waals surface area contributed by atoms with Gasteiger partial charge in [0.25, 0.3) is 0 Å². The highest BCUT2D eigenvalue weighted by atomic mass is 35.5. The van der Waals surface area contributed by atoms with Crippen LogP contribution in [0.4, 0.5) is 5.00 Å². The Bertz CT molecular complexity index is 962. The molecular formula is C19H21ClN4OS. The Morgan fingerprint density at radius 3 is 2.69 bits per heavy atom. The molecule has 0 fully saturated rings. The van der Waals surface area contributed by atoms with Crippen molar-refractivity contribution in [1.82, 2.24) is 14.3 Å². The lowest BCUT2D eigenvalue weighted by Crippen LogP contribution is -2.14. The van der Waals surface area contributed by atoms with Gasteiger partial charge >= 0.3 is 0 Å². The summed E-state index contributed by atoms with van der Waals surface area (Å²) in [5, 5.41) is 3.90. The Labute approximate surface area is 162 Å². The van der Waals surface area contributed by atoms with E-state index in [1.54, 1.807) is 0 Å². The van der Waals surface area contributed by atoms with Crippen molar-refractivity contribution in [3.05, 3.63) is 46.4 Å². The monoisotopic (exact) mass is 388 g/mol. The minimum absolute atomic E-state index is 0.132. The first-order chi connectivity index (χ1) is 12.2. The van der Waals surface area contributed by atoms with Gasteiger partial charge in [-0.05, 0) is 48.0 Å². The first-order valence-electron chi connectivity index (χ1n) is 8.37. The maximum Gasteiger partial charge on any atom is 0.229 e. The Morgan fingerprint density at radius 1 is 1.27 bits per heavy atom. The second-order valence-corrected chi connectivity index (χ2v) is 8.71. The molecule has 0 aliphatic rings. The number of rotatable bonds is 4. The summed E-state index contributed by atoms with van der Waals surface area (Å²) in [6.45, 7) is 8.34. The molecule has 0 bridgehead atoms. The maximum absolute atomic E-state index is 12.3. The minimum atomic E-state index is -0.132. The summed E-state index contributed by atoms with van der Waals surface area (Å²) >= 11 is 7.30. The molecule has 2 aromatic heterocycles. The number of fused-ring (bicyclic) bond motifs is 1. The fraction of sp³-hybridized carbons (Fsp3) is 0.368. The minimum Gasteiger partial charge on any atom is -0.315 e. The highest BCUT2D eigenvalue weighted by Crippen LogP contribution is 2.29. The van der Waals surface area contributed by atoms with Crippen LogP contribution in [0.15, 0.2) is 24.4 Å². The third-order valence-corrected chi connectivity index (χ3v) is 5.20. The number of hydrogen-bond donors (Lipinski definition) is 1. The van der Waals surface area contributed by atoms with Gasteiger partial charge in [0.1, 0.15) is 5.00 Å². The Balaban J connectivity index is 1.73. The lowest BCUT2D eigenvalue weighted by molar-refractivity contribution is -0.115. The second kappa shape index (κ2) is 7.29. The van der Waals surface area contributed by atoms with E-state index in [1.807, 2.05) is 31.3 Å². The highest BCUT2D eigenvalue weighted by Gasteiger charge is 2.14. The molecule has 1 N–H and O–H groups in total. The molecule has 5 nitrogen and oxygen atoms in total. The molecule has 26 heavy (non-hydrogen) atoms. The second-order valence-electron chi connectivity index (χ2n) is 7.56. The Morgan fingerprint density at radius 2 is 2.04 bits per heavy atom. The Kier molecular flexibility index (Phi) is 5.25. The van der Waals surface area contributed by atoms with E-state index in [1.165, 1.54) is 11.5 Å². The van der Waals surface area contributed by atoms with Crippen LogP contribution in [0.3, 0.4) is 0 Å². The zero-order valence-corrected chi connectivity index (χ0v) is 16.8. The molecule has 0 unspecified atom stereocenters. The van der Waals surface area contributed by atoms with Crippen LogP contribution in [-0.2, 0) is 17.6 Å². The normalized spacial score (nSPS) is 11.7. The van der Waals surface area contributed by atoms with Crippen molar-refractivity contribution in [2.45, 2.75) is 40.5 Å². The first kappa shape index (κ1) is 18.7. The molecule has 3 rings (SSSR count). The molecule has 136 valence electrons. The van der Waals surface area contributed by atoms with Crippen molar-refractivity contribution < 1.29 is 4.79 Å². The number of anilines is 1. The zero-order chi connectivity index (χ0) is 18.9. The summed E-state index contributed by atoms with van der Waals surface area (Å²) in [7, 11) is 0. The number of nitrogens with zero attached hydrogens (tertiary/aromatic N) is 3. The fourth-order valence-corrected chi connectivity index (χ4v) is 3.58. The molecular weight excluding hydrogens is 368 g/mol. The van der Waals surface area contributed by atoms with E-state index in [9.17, 15) is 4.79 Å². The van der Waals surface area contributed by atoms with E-state index < -0.39 is 0 Å². The smallest absolute Gasteiger partial charge is 0.229 e. The Hall–Kier alpha value is -2.05. The molecule has 0 saturated carbocycles. The number of aromatic nitrogens is 3. The van der Waals surface area contributed by atoms with E-state index in [0.29, 0.717) is 10.0 Å². The molecule has 0 aliphatic carbocycles. The predicted molar refractivity (Wildman–Crippen MR) is 107 cm³/mol. The predicted octanol–water partition coefficient (Wildman–Crippen LogP) is 4.82. The van der Waals surface area contributed by atoms with E-state index in [0.717, 1.165) is 34.4 Å². The standard InChI is InChI=1S/C19H21ClN4OS/c1-11-17(20)18(26-24-11)23-16(25)8-12-5-6-14-15(7-12)21-10-13(22-14)9-19(2,3)4/h5-7,10H,8-9H2,1-4H3,(H,23,25). The van der Waals surface area contributed by atoms with Crippen molar-refractivity contribution in [3.63, 3.8) is 0 Å². The number of halogens is 1. The van der Waals surface area contributed by atoms with Gasteiger partial charge in [-0.25, -0.2) is 4.98 Å². The van der Waals surface area contributed by atoms with Crippen LogP contribution in [0.2, 0.25) is 5.02 Å². The number of nitrogens with one attached hydrogen (secondary N) is 1. The number of amides is 1. The van der Waals surface area contributed by atoms with Crippen molar-refractivity contribution in [2.24, 2.45) is 5.41 Å². The van der Waals surface area contributed by atoms with Gasteiger partial charge < -0.3 is 5.32 Å². The summed E-state index contributed by atoms with van der Waals surface area (Å²) in [6, 6.07) is 5.74. The van der Waals surface area contributed by atoms with Gasteiger partial charge in [0, 0.05) is 6.20 Å². The van der Waals surface area contributed by atoms with Gasteiger partial charge in [-0.15, -0.1) is 0 Å². The van der Waals surface area contributed by atoms with E-state index in [4.69, 9.17) is 11.6 Å². The molecule has 0 spiro atoms. The zero-order valence-electron chi connectivity index (χ0n) is 15.3. The molecule has 0 radical (unpaired) electrons. The van der Waals surface area contributed by atoms with Gasteiger partial charge in [0.15, 0.2) is 0 Å². The molecule has 1 aromatic carbocycles. The summed E-state index contributed by atoms with van der Waals surface area (Å²) in [4.78, 5) is 21.5. The SMILES string of the molecule is Cc1nsc(NC(=O)Cc2ccc3nc(CC(C)(C)C)cnc3c2)c1Cl. The number of benzene rings is 1. The van der Waals surface area contributed by atoms with Gasteiger partial charge in [-0.3, -0.25) is 9.78 Å². The molecule has 1 amide bonds. The van der Waals surface area contributed by atoms with Crippen molar-refractivity contribution in [3.8, 4) is 0 Å². The van der Waals surface area contributed by atoms with Crippen LogP contribution in [0.1, 0.15) is 37.7 Å². The molecule has 0 aliphatic heterocycles. The van der Waals surface area contributed by atoms with Gasteiger partial charge in [-0.2, -0.15) is 4.37 Å². The fourth-order valence-electron chi connectivity index (χ4n) is 2.63. The topological polar surface area (TPSA) is 67.8 Å². The lowest BCUT2D eigenvalue weighted by atomic mass is 9.91. The highest BCUT2D eigenvalue weighted by molar-refractivity contribution is 7.11. The van der Waals surface area contributed by atoms with Crippen LogP contribution in [-0.4, -0.2) is 20.2 Å². The summed E-state index contributed by atoms with van der Waals surface area (Å²) in [6.07, 6.45) is 2.93. The van der Waals surface area contributed by atoms with Crippen LogP contribution < -0.4 is 5.32 Å². The largest absolute Gasteiger partial charge is 0.315 e. The van der Waals surface area contributed by atoms with Gasteiger partial charge in [0.05, 0.1) is 33.9 Å². The maximum atomic E-state index is 12.3. The third kappa shape index (κ3) is 4.56. The average Bonchev–Trinajstić information content (AvgIpc) is 2.85. The summed E-state index contributed by atoms with van der Waals surface area (Å²) in [5.41, 5.74) is 4.38. The lowest BCUT2D eigenvalue weighted by Gasteiger charge is -2.17. The summed E-state index contributed by atoms with van der Waals surface area (Å²) in [5.74, 6) is -0.132. The van der Waals surface area contributed by atoms with Crippen LogP contribution in [0, 0.1) is 12.3 Å². The van der Waals surface area contributed by atoms with Crippen molar-refractivity contribution >= 4 is 45.1 Å². The van der Waals surface area contributed by atoms with Crippen molar-refractivity contribution in [1.29, 1.82) is 0 Å². The molecule has 3 aromatic rings. The van der Waals surface area contributed by atoms with Gasteiger partial charge in [-0.1, -0.05) is 38.4 Å². The number of aryl methyl sites for hydroxylation is 1. The molecule has 2 heterocycles. The van der Waals surface area contributed by atoms with E-state index in [2.05, 4.69) is 40.4 Å². The third-order valence-electron chi connectivity index (χ3n) is 3.78. The van der Waals surface area contributed by atoms with Crippen molar-refractivity contribution in [2.75, 3.05) is 5.32 Å². The van der Waals surface area contributed by atoms with E-state index in [-0.39, 0.29) is 17.7 Å². The summed E-state index contributed by atoms with van der Waals surface area (Å²) < 4.78 is 4.13.